The third kappa shape index (κ3) is 5.53. The predicted molar refractivity (Wildman–Crippen MR) is 179 cm³/mol. The Morgan fingerprint density at radius 1 is 1.02 bits per heavy atom. The maximum Gasteiger partial charge on any atom is 0.252 e. The molecule has 0 spiro atoms. The van der Waals surface area contributed by atoms with Crippen LogP contribution in [0.25, 0.3) is 0 Å². The van der Waals surface area contributed by atoms with Crippen molar-refractivity contribution in [2.75, 3.05) is 5.32 Å². The van der Waals surface area contributed by atoms with Gasteiger partial charge < -0.3 is 9.74 Å². The van der Waals surface area contributed by atoms with Gasteiger partial charge >= 0.3 is 0 Å². The molecule has 1 fully saturated rings. The lowest BCUT2D eigenvalue weighted by Crippen LogP contribution is -2.53. The summed E-state index contributed by atoms with van der Waals surface area (Å²) in [7, 11) is -1.01. The van der Waals surface area contributed by atoms with E-state index in [1.54, 1.807) is 11.1 Å². The number of fused-ring (bicyclic) bond motifs is 4. The van der Waals surface area contributed by atoms with Crippen LogP contribution in [0, 0.1) is 45.3 Å². The monoisotopic (exact) mass is 588 g/mol. The summed E-state index contributed by atoms with van der Waals surface area (Å²) in [6.45, 7) is 24.5. The Labute approximate surface area is 259 Å². The minimum atomic E-state index is -1.01. The van der Waals surface area contributed by atoms with Crippen molar-refractivity contribution in [3.63, 3.8) is 0 Å². The van der Waals surface area contributed by atoms with Gasteiger partial charge in [0.15, 0.2) is 0 Å². The maximum atomic E-state index is 13.4. The lowest BCUT2D eigenvalue weighted by Gasteiger charge is -2.62. The molecule has 1 radical (unpaired) electrons. The third-order valence-electron chi connectivity index (χ3n) is 12.5. The second-order valence-corrected chi connectivity index (χ2v) is 18.8. The first-order valence-corrected chi connectivity index (χ1v) is 19.3. The lowest BCUT2D eigenvalue weighted by atomic mass is 9.42. The van der Waals surface area contributed by atoms with E-state index in [9.17, 15) is 4.79 Å². The molecule has 0 heterocycles. The minimum absolute atomic E-state index is 0.00365. The van der Waals surface area contributed by atoms with Crippen LogP contribution in [0.2, 0.25) is 13.1 Å². The molecule has 0 saturated heterocycles. The molecule has 1 N–H and O–H groups in total. The number of allylic oxidation sites excluding steroid dienone is 4. The topological polar surface area (TPSA) is 38.3 Å². The Bertz CT molecular complexity index is 1220. The zero-order valence-electron chi connectivity index (χ0n) is 28.3. The summed E-state index contributed by atoms with van der Waals surface area (Å²) >= 11 is 0. The van der Waals surface area contributed by atoms with Crippen LogP contribution in [-0.4, -0.2) is 21.1 Å². The van der Waals surface area contributed by atoms with Crippen molar-refractivity contribution in [3.05, 3.63) is 53.1 Å². The largest absolute Gasteiger partial charge is 0.405 e. The number of anilines is 1. The predicted octanol–water partition coefficient (Wildman–Crippen LogP) is 10.2. The summed E-state index contributed by atoms with van der Waals surface area (Å²) in [5.41, 5.74) is 7.34. The highest BCUT2D eigenvalue weighted by atomic mass is 28.3. The molecule has 1 aromatic rings. The number of rotatable bonds is 7. The molecular formula is C38H58NO2Si. The second-order valence-electron chi connectivity index (χ2n) is 16.7. The van der Waals surface area contributed by atoms with E-state index in [1.807, 2.05) is 35.9 Å². The van der Waals surface area contributed by atoms with Gasteiger partial charge in [0.1, 0.15) is 6.10 Å². The Balaban J connectivity index is 1.35. The molecule has 0 aliphatic heterocycles. The summed E-state index contributed by atoms with van der Waals surface area (Å²) in [5.74, 6) is 2.51. The van der Waals surface area contributed by atoms with Crippen molar-refractivity contribution < 1.29 is 9.22 Å². The number of amides is 1. The molecule has 0 aromatic heterocycles. The van der Waals surface area contributed by atoms with Crippen LogP contribution >= 0.6 is 0 Å². The van der Waals surface area contributed by atoms with Gasteiger partial charge in [0.2, 0.25) is 9.04 Å². The highest BCUT2D eigenvalue weighted by Crippen LogP contribution is 2.69. The van der Waals surface area contributed by atoms with E-state index in [-0.39, 0.29) is 11.3 Å². The summed E-state index contributed by atoms with van der Waals surface area (Å²) < 4.78 is 6.36. The van der Waals surface area contributed by atoms with E-state index in [1.165, 1.54) is 38.5 Å². The maximum absolute atomic E-state index is 13.4. The Kier molecular flexibility index (Phi) is 8.60. The third-order valence-corrected chi connectivity index (χ3v) is 13.3. The zero-order chi connectivity index (χ0) is 30.7. The number of hydrogen-bond acceptors (Lipinski definition) is 2. The van der Waals surface area contributed by atoms with Crippen molar-refractivity contribution >= 4 is 20.6 Å². The Hall–Kier alpha value is -1.65. The Morgan fingerprint density at radius 3 is 2.36 bits per heavy atom. The normalized spacial score (nSPS) is 33.8. The molecule has 4 aliphatic carbocycles. The van der Waals surface area contributed by atoms with Crippen LogP contribution in [0.1, 0.15) is 107 Å². The molecule has 1 amide bonds. The molecule has 0 bridgehead atoms. The van der Waals surface area contributed by atoms with Crippen molar-refractivity contribution in [1.29, 1.82) is 0 Å². The van der Waals surface area contributed by atoms with Crippen LogP contribution in [0.3, 0.4) is 0 Å². The van der Waals surface area contributed by atoms with Crippen LogP contribution in [0.5, 0.6) is 0 Å². The van der Waals surface area contributed by atoms with Gasteiger partial charge in [-0.15, -0.1) is 0 Å². The fraction of sp³-hybridized carbons (Fsp3) is 0.711. The van der Waals surface area contributed by atoms with Gasteiger partial charge in [0.25, 0.3) is 5.91 Å². The fourth-order valence-electron chi connectivity index (χ4n) is 10.9. The molecule has 4 heteroatoms. The Morgan fingerprint density at radius 2 is 1.71 bits per heavy atom. The number of carbonyl (C=O) groups excluding carboxylic acids is 1. The molecule has 5 rings (SSSR count). The van der Waals surface area contributed by atoms with Crippen LogP contribution in [0.15, 0.2) is 53.1 Å². The van der Waals surface area contributed by atoms with E-state index in [2.05, 4.69) is 79.9 Å². The van der Waals surface area contributed by atoms with Gasteiger partial charge in [-0.2, -0.15) is 0 Å². The smallest absolute Gasteiger partial charge is 0.252 e. The SMILES string of the molecule is C[C@H](CC(O[Si](C)C)C(=O)Nc1ccccc1)[C@H]1CC=C2C3=C(CC[C@@]21C)[C@@]1(C)CC[C@H](C(C)(C)C)C(C)(C)[C@@H]1CC3. The van der Waals surface area contributed by atoms with Crippen LogP contribution in [-0.2, 0) is 9.22 Å². The highest BCUT2D eigenvalue weighted by molar-refractivity contribution is 6.48. The van der Waals surface area contributed by atoms with Gasteiger partial charge in [-0.05, 0) is 133 Å². The summed E-state index contributed by atoms with van der Waals surface area (Å²) in [4.78, 5) is 13.4. The van der Waals surface area contributed by atoms with Crippen LogP contribution < -0.4 is 5.32 Å². The first-order valence-electron chi connectivity index (χ1n) is 16.8. The summed E-state index contributed by atoms with van der Waals surface area (Å²) in [6.07, 6.45) is 11.9. The highest BCUT2D eigenvalue weighted by Gasteiger charge is 2.59. The van der Waals surface area contributed by atoms with Crippen LogP contribution in [0.4, 0.5) is 5.69 Å². The molecule has 7 atom stereocenters. The average molecular weight is 589 g/mol. The van der Waals surface area contributed by atoms with Gasteiger partial charge in [-0.1, -0.05) is 85.2 Å². The number of nitrogens with one attached hydrogen (secondary N) is 1. The van der Waals surface area contributed by atoms with E-state index in [4.69, 9.17) is 4.43 Å². The first-order chi connectivity index (χ1) is 19.6. The van der Waals surface area contributed by atoms with Gasteiger partial charge in [0, 0.05) is 5.69 Å². The van der Waals surface area contributed by atoms with Gasteiger partial charge in [-0.3, -0.25) is 4.79 Å². The standard InChI is InChI=1S/C38H58NO2Si/c1-25(24-31(41-42(9)10)34(40)39-26-14-12-11-13-15-26)28-17-18-29-27-16-19-33-36(5,6)32(35(2,3)4)21-23-38(33,8)30(27)20-22-37(28,29)7/h11-15,18,25,28,31-33H,16-17,19-24H2,1-10H3,(H,39,40)/t25-,28-,31?,32-,33+,37-,38-/m1/s1. The van der Waals surface area contributed by atoms with Crippen molar-refractivity contribution in [1.82, 2.24) is 0 Å². The molecule has 1 unspecified atom stereocenters. The van der Waals surface area contributed by atoms with E-state index in [0.29, 0.717) is 28.1 Å². The second kappa shape index (κ2) is 11.4. The lowest BCUT2D eigenvalue weighted by molar-refractivity contribution is -0.124. The first kappa shape index (κ1) is 31.8. The van der Waals surface area contributed by atoms with Gasteiger partial charge in [-0.25, -0.2) is 0 Å². The quantitative estimate of drug-likeness (QED) is 0.322. The molecule has 4 aliphatic rings. The molecule has 3 nitrogen and oxygen atoms in total. The molecule has 231 valence electrons. The number of benzene rings is 1. The zero-order valence-corrected chi connectivity index (χ0v) is 29.3. The number of para-hydroxylation sites is 1. The fourth-order valence-corrected chi connectivity index (χ4v) is 11.7. The van der Waals surface area contributed by atoms with Crippen molar-refractivity contribution in [2.24, 2.45) is 45.3 Å². The molecule has 42 heavy (non-hydrogen) atoms. The number of carbonyl (C=O) groups is 1. The van der Waals surface area contributed by atoms with Crippen molar-refractivity contribution in [2.45, 2.75) is 126 Å². The van der Waals surface area contributed by atoms with Crippen molar-refractivity contribution in [3.8, 4) is 0 Å². The molecule has 1 saturated carbocycles. The minimum Gasteiger partial charge on any atom is -0.405 e. The van der Waals surface area contributed by atoms with E-state index in [0.717, 1.165) is 30.4 Å². The number of hydrogen-bond donors (Lipinski definition) is 1. The van der Waals surface area contributed by atoms with E-state index < -0.39 is 15.1 Å². The van der Waals surface area contributed by atoms with E-state index >= 15 is 0 Å². The average Bonchev–Trinajstić information content (AvgIpc) is 3.25. The van der Waals surface area contributed by atoms with Gasteiger partial charge in [0.05, 0.1) is 0 Å². The molecular weight excluding hydrogens is 531 g/mol. The molecule has 1 aromatic carbocycles. The summed E-state index contributed by atoms with van der Waals surface area (Å²) in [6, 6.07) is 9.82. The summed E-state index contributed by atoms with van der Waals surface area (Å²) in [5, 5.41) is 3.13.